The highest BCUT2D eigenvalue weighted by Gasteiger charge is 2.18. The molecule has 1 heterocycles. The predicted molar refractivity (Wildman–Crippen MR) is 63.7 cm³/mol. The fraction of sp³-hybridized carbons (Fsp3) is 0.357. The van der Waals surface area contributed by atoms with Gasteiger partial charge in [-0.05, 0) is 43.0 Å². The van der Waals surface area contributed by atoms with E-state index >= 15 is 0 Å². The van der Waals surface area contributed by atoms with Crippen molar-refractivity contribution in [2.75, 3.05) is 13.2 Å². The standard InChI is InChI=1S/C14H14O3/c15-14(10-3-1-2-4-10)11-5-6-12-13(9-11)17-8-7-16-12/h3,5-6,9H,1-2,4,7-8H2. The molecule has 0 spiro atoms. The van der Waals surface area contributed by atoms with Gasteiger partial charge in [0.15, 0.2) is 17.3 Å². The average Bonchev–Trinajstić information content (AvgIpc) is 2.91. The Morgan fingerprint density at radius 3 is 2.71 bits per heavy atom. The quantitative estimate of drug-likeness (QED) is 0.733. The fourth-order valence-electron chi connectivity index (χ4n) is 2.25. The number of benzene rings is 1. The minimum absolute atomic E-state index is 0.125. The summed E-state index contributed by atoms with van der Waals surface area (Å²) in [6.07, 6.45) is 5.05. The van der Waals surface area contributed by atoms with Crippen LogP contribution in [0.1, 0.15) is 29.6 Å². The number of hydrogen-bond donors (Lipinski definition) is 0. The topological polar surface area (TPSA) is 35.5 Å². The first-order valence-corrected chi connectivity index (χ1v) is 5.98. The summed E-state index contributed by atoms with van der Waals surface area (Å²) < 4.78 is 10.9. The predicted octanol–water partition coefficient (Wildman–Crippen LogP) is 2.75. The largest absolute Gasteiger partial charge is 0.486 e. The second kappa shape index (κ2) is 4.24. The normalized spacial score (nSPS) is 17.8. The Labute approximate surface area is 100 Å². The number of ketones is 1. The molecule has 0 amide bonds. The molecule has 88 valence electrons. The fourth-order valence-corrected chi connectivity index (χ4v) is 2.25. The van der Waals surface area contributed by atoms with Crippen LogP contribution >= 0.6 is 0 Å². The third kappa shape index (κ3) is 1.93. The van der Waals surface area contributed by atoms with Gasteiger partial charge in [-0.25, -0.2) is 0 Å². The molecule has 0 radical (unpaired) electrons. The lowest BCUT2D eigenvalue weighted by Crippen LogP contribution is -2.15. The van der Waals surface area contributed by atoms with E-state index in [0.29, 0.717) is 24.5 Å². The highest BCUT2D eigenvalue weighted by Crippen LogP contribution is 2.32. The molecule has 1 aromatic rings. The van der Waals surface area contributed by atoms with Gasteiger partial charge < -0.3 is 9.47 Å². The molecule has 3 nitrogen and oxygen atoms in total. The summed E-state index contributed by atoms with van der Waals surface area (Å²) in [5.41, 5.74) is 1.63. The van der Waals surface area contributed by atoms with Gasteiger partial charge in [-0.3, -0.25) is 4.79 Å². The van der Waals surface area contributed by atoms with Crippen LogP contribution in [0.3, 0.4) is 0 Å². The molecular weight excluding hydrogens is 216 g/mol. The third-order valence-corrected chi connectivity index (χ3v) is 3.14. The number of ether oxygens (including phenoxy) is 2. The first-order valence-electron chi connectivity index (χ1n) is 5.98. The van der Waals surface area contributed by atoms with Crippen LogP contribution in [-0.4, -0.2) is 19.0 Å². The number of Topliss-reactive ketones (excluding diaryl/α,β-unsaturated/α-hetero) is 1. The molecule has 0 unspecified atom stereocenters. The summed E-state index contributed by atoms with van der Waals surface area (Å²) in [6, 6.07) is 5.42. The van der Waals surface area contributed by atoms with Crippen LogP contribution < -0.4 is 9.47 Å². The van der Waals surface area contributed by atoms with E-state index < -0.39 is 0 Å². The molecule has 1 aliphatic carbocycles. The van der Waals surface area contributed by atoms with Crippen molar-refractivity contribution in [1.29, 1.82) is 0 Å². The van der Waals surface area contributed by atoms with Gasteiger partial charge in [0.05, 0.1) is 0 Å². The van der Waals surface area contributed by atoms with Crippen molar-refractivity contribution >= 4 is 5.78 Å². The van der Waals surface area contributed by atoms with Gasteiger partial charge in [-0.15, -0.1) is 0 Å². The van der Waals surface area contributed by atoms with E-state index in [0.717, 1.165) is 30.6 Å². The summed E-state index contributed by atoms with van der Waals surface area (Å²) in [4.78, 5) is 12.2. The van der Waals surface area contributed by atoms with E-state index in [2.05, 4.69) is 0 Å². The Balaban J connectivity index is 1.90. The molecule has 0 saturated heterocycles. The SMILES string of the molecule is O=C(C1=CCCC1)c1ccc2c(c1)OCCO2. The molecule has 3 rings (SSSR count). The lowest BCUT2D eigenvalue weighted by Gasteiger charge is -2.18. The maximum Gasteiger partial charge on any atom is 0.188 e. The molecule has 0 fully saturated rings. The van der Waals surface area contributed by atoms with Gasteiger partial charge in [0.1, 0.15) is 13.2 Å². The Morgan fingerprint density at radius 1 is 1.12 bits per heavy atom. The van der Waals surface area contributed by atoms with Gasteiger partial charge in [-0.1, -0.05) is 6.08 Å². The summed E-state index contributed by atoms with van der Waals surface area (Å²) in [7, 11) is 0. The Bertz CT molecular complexity index is 488. The third-order valence-electron chi connectivity index (χ3n) is 3.14. The molecule has 0 saturated carbocycles. The number of carbonyl (C=O) groups excluding carboxylic acids is 1. The summed E-state index contributed by atoms with van der Waals surface area (Å²) in [6.45, 7) is 1.12. The van der Waals surface area contributed by atoms with Crippen LogP contribution in [0.4, 0.5) is 0 Å². The van der Waals surface area contributed by atoms with Gasteiger partial charge in [-0.2, -0.15) is 0 Å². The van der Waals surface area contributed by atoms with Crippen molar-refractivity contribution in [2.24, 2.45) is 0 Å². The van der Waals surface area contributed by atoms with Crippen molar-refractivity contribution in [3.63, 3.8) is 0 Å². The molecule has 17 heavy (non-hydrogen) atoms. The summed E-state index contributed by atoms with van der Waals surface area (Å²) in [5, 5.41) is 0. The Morgan fingerprint density at radius 2 is 1.94 bits per heavy atom. The van der Waals surface area contributed by atoms with Gasteiger partial charge in [0.2, 0.25) is 0 Å². The van der Waals surface area contributed by atoms with Crippen LogP contribution in [0.2, 0.25) is 0 Å². The molecule has 1 aromatic carbocycles. The van der Waals surface area contributed by atoms with E-state index in [-0.39, 0.29) is 5.78 Å². The summed E-state index contributed by atoms with van der Waals surface area (Å²) in [5.74, 6) is 1.54. The molecule has 0 N–H and O–H groups in total. The zero-order valence-corrected chi connectivity index (χ0v) is 9.57. The van der Waals surface area contributed by atoms with Crippen molar-refractivity contribution in [2.45, 2.75) is 19.3 Å². The smallest absolute Gasteiger partial charge is 0.188 e. The van der Waals surface area contributed by atoms with Crippen molar-refractivity contribution < 1.29 is 14.3 Å². The van der Waals surface area contributed by atoms with Crippen molar-refractivity contribution in [3.05, 3.63) is 35.4 Å². The van der Waals surface area contributed by atoms with E-state index in [9.17, 15) is 4.79 Å². The molecule has 2 aliphatic rings. The highest BCUT2D eigenvalue weighted by molar-refractivity contribution is 6.09. The zero-order valence-electron chi connectivity index (χ0n) is 9.57. The van der Waals surface area contributed by atoms with Crippen LogP contribution in [0.25, 0.3) is 0 Å². The van der Waals surface area contributed by atoms with E-state index in [4.69, 9.17) is 9.47 Å². The number of carbonyl (C=O) groups is 1. The van der Waals surface area contributed by atoms with E-state index in [1.807, 2.05) is 18.2 Å². The minimum atomic E-state index is 0.125. The lowest BCUT2D eigenvalue weighted by atomic mass is 10.0. The number of fused-ring (bicyclic) bond motifs is 1. The second-order valence-electron chi connectivity index (χ2n) is 4.31. The number of allylic oxidation sites excluding steroid dienone is 2. The maximum absolute atomic E-state index is 12.2. The molecule has 3 heteroatoms. The number of rotatable bonds is 2. The van der Waals surface area contributed by atoms with Gasteiger partial charge >= 0.3 is 0 Å². The van der Waals surface area contributed by atoms with Gasteiger partial charge in [0, 0.05) is 5.56 Å². The van der Waals surface area contributed by atoms with E-state index in [1.165, 1.54) is 0 Å². The molecular formula is C14H14O3. The van der Waals surface area contributed by atoms with E-state index in [1.54, 1.807) is 6.07 Å². The van der Waals surface area contributed by atoms with Crippen molar-refractivity contribution in [3.8, 4) is 11.5 Å². The molecule has 0 atom stereocenters. The van der Waals surface area contributed by atoms with Gasteiger partial charge in [0.25, 0.3) is 0 Å². The number of hydrogen-bond acceptors (Lipinski definition) is 3. The summed E-state index contributed by atoms with van der Waals surface area (Å²) >= 11 is 0. The van der Waals surface area contributed by atoms with Crippen LogP contribution in [0.5, 0.6) is 11.5 Å². The highest BCUT2D eigenvalue weighted by atomic mass is 16.6. The van der Waals surface area contributed by atoms with Crippen LogP contribution in [0.15, 0.2) is 29.8 Å². The maximum atomic E-state index is 12.2. The van der Waals surface area contributed by atoms with Crippen LogP contribution in [0, 0.1) is 0 Å². The first kappa shape index (κ1) is 10.4. The van der Waals surface area contributed by atoms with Crippen LogP contribution in [-0.2, 0) is 0 Å². The lowest BCUT2D eigenvalue weighted by molar-refractivity contribution is 0.103. The minimum Gasteiger partial charge on any atom is -0.486 e. The molecule has 0 bridgehead atoms. The zero-order chi connectivity index (χ0) is 11.7. The van der Waals surface area contributed by atoms with Crippen molar-refractivity contribution in [1.82, 2.24) is 0 Å². The Hall–Kier alpha value is -1.77. The molecule has 1 aliphatic heterocycles. The second-order valence-corrected chi connectivity index (χ2v) is 4.31. The Kier molecular flexibility index (Phi) is 2.59. The average molecular weight is 230 g/mol. The molecule has 0 aromatic heterocycles. The first-order chi connectivity index (χ1) is 8.34. The monoisotopic (exact) mass is 230 g/mol.